The lowest BCUT2D eigenvalue weighted by atomic mass is 10.1. The molecule has 1 heterocycles. The molecule has 1 atom stereocenters. The second kappa shape index (κ2) is 5.08. The zero-order chi connectivity index (χ0) is 11.5. The third kappa shape index (κ3) is 4.76. The van der Waals surface area contributed by atoms with Gasteiger partial charge in [-0.1, -0.05) is 0 Å². The number of morpholine rings is 1. The maximum Gasteiger partial charge on any atom is 0.129 e. The lowest BCUT2D eigenvalue weighted by molar-refractivity contribution is -0.129. The van der Waals surface area contributed by atoms with Gasteiger partial charge in [-0.3, -0.25) is 4.90 Å². The Morgan fingerprint density at radius 2 is 2.20 bits per heavy atom. The van der Waals surface area contributed by atoms with E-state index in [-0.39, 0.29) is 11.4 Å². The molecule has 15 heavy (non-hydrogen) atoms. The quantitative estimate of drug-likeness (QED) is 0.714. The number of carbonyl (C=O) groups is 1. The van der Waals surface area contributed by atoms with Gasteiger partial charge in [-0.15, -0.1) is 0 Å². The van der Waals surface area contributed by atoms with Crippen LogP contribution < -0.4 is 0 Å². The van der Waals surface area contributed by atoms with Crippen molar-refractivity contribution >= 4 is 5.78 Å². The lowest BCUT2D eigenvalue weighted by Gasteiger charge is -2.41. The van der Waals surface area contributed by atoms with E-state index in [2.05, 4.69) is 25.7 Å². The summed E-state index contributed by atoms with van der Waals surface area (Å²) in [5.41, 5.74) is -0.0477. The molecular formula is C12H23NO2. The second-order valence-electron chi connectivity index (χ2n) is 5.23. The zero-order valence-electron chi connectivity index (χ0n) is 10.4. The minimum Gasteiger partial charge on any atom is -0.370 e. The number of hydrogen-bond donors (Lipinski definition) is 0. The van der Waals surface area contributed by atoms with Crippen LogP contribution in [0.2, 0.25) is 0 Å². The van der Waals surface area contributed by atoms with Crippen molar-refractivity contribution in [2.75, 3.05) is 19.6 Å². The van der Waals surface area contributed by atoms with E-state index in [1.807, 2.05) is 0 Å². The molecule has 0 aromatic rings. The van der Waals surface area contributed by atoms with E-state index in [4.69, 9.17) is 4.74 Å². The highest BCUT2D eigenvalue weighted by Crippen LogP contribution is 2.20. The van der Waals surface area contributed by atoms with Crippen LogP contribution in [0, 0.1) is 0 Å². The van der Waals surface area contributed by atoms with Crippen molar-refractivity contribution in [1.29, 1.82) is 0 Å². The molecule has 0 spiro atoms. The standard InChI is InChI=1S/C12H23NO2/c1-10(14)6-5-7-13-8-11(2)15-12(3,4)9-13/h11H,5-9H2,1-4H3. The average Bonchev–Trinajstić information content (AvgIpc) is 1.98. The first-order valence-electron chi connectivity index (χ1n) is 5.79. The van der Waals surface area contributed by atoms with Crippen molar-refractivity contribution in [1.82, 2.24) is 4.90 Å². The minimum atomic E-state index is -0.0477. The number of nitrogens with zero attached hydrogens (tertiary/aromatic N) is 1. The Labute approximate surface area is 92.8 Å². The summed E-state index contributed by atoms with van der Waals surface area (Å²) in [6.45, 7) is 11.0. The van der Waals surface area contributed by atoms with Crippen LogP contribution in [0.15, 0.2) is 0 Å². The molecule has 0 radical (unpaired) electrons. The smallest absolute Gasteiger partial charge is 0.129 e. The van der Waals surface area contributed by atoms with Crippen LogP contribution in [-0.2, 0) is 9.53 Å². The van der Waals surface area contributed by atoms with E-state index in [0.717, 1.165) is 26.1 Å². The molecular weight excluding hydrogens is 190 g/mol. The average molecular weight is 213 g/mol. The van der Waals surface area contributed by atoms with Crippen molar-refractivity contribution in [3.63, 3.8) is 0 Å². The van der Waals surface area contributed by atoms with Crippen molar-refractivity contribution in [3.05, 3.63) is 0 Å². The molecule has 1 aliphatic heterocycles. The van der Waals surface area contributed by atoms with Crippen molar-refractivity contribution in [2.24, 2.45) is 0 Å². The Bertz CT molecular complexity index is 226. The highest BCUT2D eigenvalue weighted by atomic mass is 16.5. The summed E-state index contributed by atoms with van der Waals surface area (Å²) in [4.78, 5) is 13.2. The van der Waals surface area contributed by atoms with E-state index < -0.39 is 0 Å². The Morgan fingerprint density at radius 1 is 1.53 bits per heavy atom. The Kier molecular flexibility index (Phi) is 4.29. The van der Waals surface area contributed by atoms with E-state index in [0.29, 0.717) is 12.5 Å². The van der Waals surface area contributed by atoms with Crippen LogP contribution in [0.25, 0.3) is 0 Å². The molecule has 0 aliphatic carbocycles. The molecule has 88 valence electrons. The van der Waals surface area contributed by atoms with Gasteiger partial charge in [0.15, 0.2) is 0 Å². The number of ether oxygens (including phenoxy) is 1. The molecule has 3 heteroatoms. The first kappa shape index (κ1) is 12.7. The topological polar surface area (TPSA) is 29.5 Å². The molecule has 0 aromatic carbocycles. The second-order valence-corrected chi connectivity index (χ2v) is 5.23. The Balaban J connectivity index is 2.32. The molecule has 1 unspecified atom stereocenters. The number of ketones is 1. The van der Waals surface area contributed by atoms with E-state index in [1.165, 1.54) is 0 Å². The van der Waals surface area contributed by atoms with E-state index in [9.17, 15) is 4.79 Å². The third-order valence-electron chi connectivity index (χ3n) is 2.64. The van der Waals surface area contributed by atoms with Gasteiger partial charge >= 0.3 is 0 Å². The van der Waals surface area contributed by atoms with Crippen LogP contribution in [0.4, 0.5) is 0 Å². The van der Waals surface area contributed by atoms with Gasteiger partial charge in [-0.2, -0.15) is 0 Å². The third-order valence-corrected chi connectivity index (χ3v) is 2.64. The van der Waals surface area contributed by atoms with E-state index in [1.54, 1.807) is 6.92 Å². The van der Waals surface area contributed by atoms with Gasteiger partial charge in [0.1, 0.15) is 5.78 Å². The summed E-state index contributed by atoms with van der Waals surface area (Å²) in [5.74, 6) is 0.288. The van der Waals surface area contributed by atoms with Crippen LogP contribution >= 0.6 is 0 Å². The summed E-state index contributed by atoms with van der Waals surface area (Å²) >= 11 is 0. The van der Waals surface area contributed by atoms with Crippen LogP contribution in [0.3, 0.4) is 0 Å². The van der Waals surface area contributed by atoms with Gasteiger partial charge in [-0.05, 0) is 40.7 Å². The molecule has 1 aliphatic rings. The van der Waals surface area contributed by atoms with Crippen LogP contribution in [0.5, 0.6) is 0 Å². The Hall–Kier alpha value is -0.410. The molecule has 0 amide bonds. The zero-order valence-corrected chi connectivity index (χ0v) is 10.4. The highest BCUT2D eigenvalue weighted by molar-refractivity contribution is 5.75. The van der Waals surface area contributed by atoms with Crippen molar-refractivity contribution < 1.29 is 9.53 Å². The molecule has 0 N–H and O–H groups in total. The largest absolute Gasteiger partial charge is 0.370 e. The number of rotatable bonds is 4. The van der Waals surface area contributed by atoms with Crippen molar-refractivity contribution in [2.45, 2.75) is 52.2 Å². The summed E-state index contributed by atoms with van der Waals surface area (Å²) in [6, 6.07) is 0. The minimum absolute atomic E-state index is 0.0477. The van der Waals surface area contributed by atoms with Gasteiger partial charge in [0.25, 0.3) is 0 Å². The lowest BCUT2D eigenvalue weighted by Crippen LogP contribution is -2.51. The van der Waals surface area contributed by atoms with Gasteiger partial charge in [0.2, 0.25) is 0 Å². The summed E-state index contributed by atoms with van der Waals surface area (Å²) in [7, 11) is 0. The molecule has 0 saturated carbocycles. The van der Waals surface area contributed by atoms with Crippen molar-refractivity contribution in [3.8, 4) is 0 Å². The molecule has 0 bridgehead atoms. The first-order chi connectivity index (χ1) is 6.89. The summed E-state index contributed by atoms with van der Waals surface area (Å²) in [5, 5.41) is 0. The predicted octanol–water partition coefficient (Wildman–Crippen LogP) is 1.85. The number of carbonyl (C=O) groups excluding carboxylic acids is 1. The monoisotopic (exact) mass is 213 g/mol. The van der Waals surface area contributed by atoms with Gasteiger partial charge in [0.05, 0.1) is 11.7 Å². The molecule has 3 nitrogen and oxygen atoms in total. The maximum absolute atomic E-state index is 10.8. The first-order valence-corrected chi connectivity index (χ1v) is 5.79. The fourth-order valence-electron chi connectivity index (χ4n) is 2.31. The summed E-state index contributed by atoms with van der Waals surface area (Å²) < 4.78 is 5.82. The molecule has 0 aromatic heterocycles. The normalized spacial score (nSPS) is 26.5. The van der Waals surface area contributed by atoms with Gasteiger partial charge in [0, 0.05) is 19.5 Å². The fraction of sp³-hybridized carbons (Fsp3) is 0.917. The molecule has 1 fully saturated rings. The fourth-order valence-corrected chi connectivity index (χ4v) is 2.31. The van der Waals surface area contributed by atoms with Crippen LogP contribution in [0.1, 0.15) is 40.5 Å². The number of hydrogen-bond acceptors (Lipinski definition) is 3. The Morgan fingerprint density at radius 3 is 2.73 bits per heavy atom. The predicted molar refractivity (Wildman–Crippen MR) is 61.0 cm³/mol. The van der Waals surface area contributed by atoms with Gasteiger partial charge < -0.3 is 9.53 Å². The molecule has 1 saturated heterocycles. The number of Topliss-reactive ketones (excluding diaryl/α,β-unsaturated/α-hetero) is 1. The van der Waals surface area contributed by atoms with Gasteiger partial charge in [-0.25, -0.2) is 0 Å². The maximum atomic E-state index is 10.8. The molecule has 1 rings (SSSR count). The highest BCUT2D eigenvalue weighted by Gasteiger charge is 2.30. The van der Waals surface area contributed by atoms with Crippen LogP contribution in [-0.4, -0.2) is 42.0 Å². The SMILES string of the molecule is CC(=O)CCCN1CC(C)OC(C)(C)C1. The van der Waals surface area contributed by atoms with E-state index >= 15 is 0 Å². The summed E-state index contributed by atoms with van der Waals surface area (Å²) in [6.07, 6.45) is 1.97.